The zero-order valence-electron chi connectivity index (χ0n) is 69.2. The van der Waals surface area contributed by atoms with Gasteiger partial charge in [-0.2, -0.15) is 0 Å². The van der Waals surface area contributed by atoms with Crippen LogP contribution in [0.1, 0.15) is 50.6 Å². The fourth-order valence-electron chi connectivity index (χ4n) is 14.6. The van der Waals surface area contributed by atoms with Gasteiger partial charge in [-0.3, -0.25) is 15.0 Å². The molecule has 27 aromatic rings. The van der Waals surface area contributed by atoms with Gasteiger partial charge in [0.25, 0.3) is 0 Å². The third kappa shape index (κ3) is 17.4. The van der Waals surface area contributed by atoms with Crippen LogP contribution in [0.4, 0.5) is 0 Å². The van der Waals surface area contributed by atoms with E-state index in [1.165, 1.54) is 130 Å². The smallest absolute Gasteiger partial charge is 0.143 e. The van der Waals surface area contributed by atoms with Crippen LogP contribution in [0, 0.1) is 62.3 Å². The number of nitrogens with zero attached hydrogens (tertiary/aromatic N) is 18. The van der Waals surface area contributed by atoms with Crippen molar-refractivity contribution < 1.29 is 0 Å². The summed E-state index contributed by atoms with van der Waals surface area (Å²) in [5.74, 6) is 0.837. The lowest BCUT2D eigenvalue weighted by Gasteiger charge is -1.94. The fraction of sp³-hybridized carbons (Fsp3) is 0.0909. The van der Waals surface area contributed by atoms with Gasteiger partial charge in [0.2, 0.25) is 0 Å². The van der Waals surface area contributed by atoms with Crippen LogP contribution in [0.2, 0.25) is 0 Å². The molecule has 0 aliphatic carbocycles. The monoisotopic (exact) mass is 1800 g/mol. The van der Waals surface area contributed by atoms with Crippen LogP contribution in [0.15, 0.2) is 275 Å². The normalized spacial score (nSPS) is 11.2. The van der Waals surface area contributed by atoms with E-state index in [0.717, 1.165) is 104 Å². The van der Waals surface area contributed by atoms with Gasteiger partial charge in [0, 0.05) is 186 Å². The van der Waals surface area contributed by atoms with E-state index in [2.05, 4.69) is 283 Å². The summed E-state index contributed by atoms with van der Waals surface area (Å²) >= 11 is 15.4. The predicted molar refractivity (Wildman–Crippen MR) is 537 cm³/mol. The van der Waals surface area contributed by atoms with E-state index in [0.29, 0.717) is 0 Å². The highest BCUT2D eigenvalue weighted by Crippen LogP contribution is 2.40. The van der Waals surface area contributed by atoms with Gasteiger partial charge in [-0.25, -0.2) is 74.8 Å². The van der Waals surface area contributed by atoms with Crippen molar-refractivity contribution in [2.75, 3.05) is 0 Å². The van der Waals surface area contributed by atoms with Gasteiger partial charge in [0.05, 0.1) is 11.4 Å². The largest absolute Gasteiger partial charge is 0.251 e. The first-order valence-electron chi connectivity index (χ1n) is 40.0. The second kappa shape index (κ2) is 36.5. The second-order valence-corrected chi connectivity index (χ2v) is 38.9. The molecule has 612 valence electrons. The van der Waals surface area contributed by atoms with E-state index in [4.69, 9.17) is 0 Å². The molecular weight excluding hydrogens is 1730 g/mol. The summed E-state index contributed by atoms with van der Waals surface area (Å²) < 4.78 is 11.5. The lowest BCUT2D eigenvalue weighted by atomic mass is 10.1. The second-order valence-electron chi connectivity index (χ2n) is 29.7. The van der Waals surface area contributed by atoms with E-state index in [1.807, 2.05) is 94.5 Å². The zero-order chi connectivity index (χ0) is 85.9. The molecule has 0 aliphatic rings. The first-order valence-corrected chi connectivity index (χ1v) is 47.3. The molecule has 0 amide bonds. The Morgan fingerprint density at radius 2 is 0.603 bits per heavy atom. The van der Waals surface area contributed by atoms with Gasteiger partial charge in [-0.1, -0.05) is 132 Å². The van der Waals surface area contributed by atoms with Crippen molar-refractivity contribution in [1.29, 1.82) is 0 Å². The molecule has 0 N–H and O–H groups in total. The Morgan fingerprint density at radius 3 is 1.28 bits per heavy atom. The van der Waals surface area contributed by atoms with Crippen molar-refractivity contribution >= 4 is 285 Å². The van der Waals surface area contributed by atoms with Gasteiger partial charge < -0.3 is 0 Å². The SMILES string of the molecule is Cc1ccc2c(c1)sc1nccnc12.Cc1ccc2c(c1)sc1ncncc12.Cc1ccc2sc3nccnc3c2c1.Cc1ccc2sc3ncncc3c2c1.Cc1cccc2c1sc1ncncc12.Cc1cccc2sc3ncncc3c12.Cc1cnc2c(n1)sc1ccccc12.Cc1cnc2sc3ccccc3c2n1.Cc1ncc2c(n1)sc1ccccc12. The standard InChI is InChI=1S/9C11H8N2S/c1-7-2-3-10-8(4-7)9-5-12-6-13-11(9)14-10;1-7-2-3-8-9-5-12-6-13-11(9)14-10(8)4-7;1-7-2-3-9-8(6-7)10-11(14-9)13-5-4-12-10;1-7-2-3-8-9(6-7)14-11-10(8)12-4-5-13-11;1-7-3-2-4-9-10(7)8-5-12-6-13-11(8)14-9;1-7-3-2-4-8-9-5-12-6-13-11(9)14-10(7)8;1-7-12-6-9-8-4-2-3-5-10(8)14-11(9)13-7;1-7-6-12-11-10(13-7)8-4-2-3-5-9(8)14-11;1-7-6-12-10-8-4-2-3-5-9(8)14-11(10)13-7/h9*2-6H,1H3. The number of aryl methyl sites for hydroxylation is 9. The number of hydrogen-bond donors (Lipinski definition) is 0. The van der Waals surface area contributed by atoms with E-state index < -0.39 is 0 Å². The summed E-state index contributed by atoms with van der Waals surface area (Å²) in [6.45, 7) is 18.5. The molecule has 0 spiro atoms. The Balaban J connectivity index is 0.0000000926. The molecule has 27 rings (SSSR count). The van der Waals surface area contributed by atoms with Crippen LogP contribution in [-0.4, -0.2) is 89.7 Å². The number of benzene rings is 9. The van der Waals surface area contributed by atoms with Crippen LogP contribution in [0.3, 0.4) is 0 Å². The van der Waals surface area contributed by atoms with E-state index in [9.17, 15) is 0 Å². The Hall–Kier alpha value is -13.3. The van der Waals surface area contributed by atoms with Crippen LogP contribution in [0.25, 0.3) is 183 Å². The van der Waals surface area contributed by atoms with Crippen LogP contribution >= 0.6 is 102 Å². The molecule has 18 aromatic heterocycles. The molecule has 9 aromatic carbocycles. The molecule has 0 radical (unpaired) electrons. The fourth-order valence-corrected chi connectivity index (χ4v) is 24.1. The molecular formula is C99H72N18S9. The minimum atomic E-state index is 0.837. The maximum absolute atomic E-state index is 4.51. The summed E-state index contributed by atoms with van der Waals surface area (Å²) in [5, 5.41) is 17.0. The average Bonchev–Trinajstić information content (AvgIpc) is 1.61. The van der Waals surface area contributed by atoms with Gasteiger partial charge in [-0.15, -0.1) is 102 Å². The highest BCUT2D eigenvalue weighted by atomic mass is 32.1. The van der Waals surface area contributed by atoms with E-state index in [-0.39, 0.29) is 0 Å². The maximum atomic E-state index is 4.51. The zero-order valence-corrected chi connectivity index (χ0v) is 76.6. The molecule has 18 heterocycles. The highest BCUT2D eigenvalue weighted by Gasteiger charge is 2.15. The quantitative estimate of drug-likeness (QED) is 0.137. The molecule has 18 nitrogen and oxygen atoms in total. The molecule has 0 bridgehead atoms. The lowest BCUT2D eigenvalue weighted by molar-refractivity contribution is 1.10. The molecule has 126 heavy (non-hydrogen) atoms. The predicted octanol–water partition coefficient (Wildman–Crippen LogP) is 28.4. The van der Waals surface area contributed by atoms with Gasteiger partial charge in [0.15, 0.2) is 0 Å². The van der Waals surface area contributed by atoms with Gasteiger partial charge in [0.1, 0.15) is 96.7 Å². The summed E-state index contributed by atoms with van der Waals surface area (Å²) in [6, 6.07) is 63.4. The Labute approximate surface area is 756 Å². The van der Waals surface area contributed by atoms with E-state index in [1.54, 1.807) is 152 Å². The summed E-state index contributed by atoms with van der Waals surface area (Å²) in [5.41, 5.74) is 13.8. The highest BCUT2D eigenvalue weighted by molar-refractivity contribution is 7.28. The van der Waals surface area contributed by atoms with Crippen molar-refractivity contribution in [3.05, 3.63) is 326 Å². The molecule has 0 unspecified atom stereocenters. The Morgan fingerprint density at radius 1 is 0.206 bits per heavy atom. The Bertz CT molecular complexity index is 7940. The molecule has 0 saturated heterocycles. The maximum Gasteiger partial charge on any atom is 0.143 e. The van der Waals surface area contributed by atoms with Crippen molar-refractivity contribution in [1.82, 2.24) is 89.7 Å². The number of thiophene rings is 9. The van der Waals surface area contributed by atoms with Crippen LogP contribution in [0.5, 0.6) is 0 Å². The molecule has 0 atom stereocenters. The number of rotatable bonds is 0. The molecule has 0 saturated carbocycles. The molecule has 27 heteroatoms. The molecule has 0 aliphatic heterocycles. The van der Waals surface area contributed by atoms with E-state index >= 15 is 0 Å². The van der Waals surface area contributed by atoms with Crippen molar-refractivity contribution in [3.8, 4) is 0 Å². The van der Waals surface area contributed by atoms with Crippen molar-refractivity contribution in [2.24, 2.45) is 0 Å². The third-order valence-corrected chi connectivity index (χ3v) is 30.4. The summed E-state index contributed by atoms with van der Waals surface area (Å²) in [7, 11) is 0. The molecule has 0 fully saturated rings. The third-order valence-electron chi connectivity index (χ3n) is 20.6. The van der Waals surface area contributed by atoms with Gasteiger partial charge in [-0.05, 0) is 145 Å². The van der Waals surface area contributed by atoms with Crippen LogP contribution in [-0.2, 0) is 0 Å². The lowest BCUT2D eigenvalue weighted by Crippen LogP contribution is -1.83. The number of fused-ring (bicyclic) bond motifs is 27. The van der Waals surface area contributed by atoms with Gasteiger partial charge >= 0.3 is 0 Å². The summed E-state index contributed by atoms with van der Waals surface area (Å²) in [4.78, 5) is 86.5. The minimum absolute atomic E-state index is 0.837. The topological polar surface area (TPSA) is 232 Å². The number of hydrogen-bond acceptors (Lipinski definition) is 27. The first kappa shape index (κ1) is 82.3. The minimum Gasteiger partial charge on any atom is -0.251 e. The van der Waals surface area contributed by atoms with Crippen molar-refractivity contribution in [3.63, 3.8) is 0 Å². The van der Waals surface area contributed by atoms with Crippen molar-refractivity contribution in [2.45, 2.75) is 62.3 Å². The number of aromatic nitrogens is 18. The average molecular weight is 1800 g/mol. The van der Waals surface area contributed by atoms with Crippen LogP contribution < -0.4 is 0 Å². The summed E-state index contributed by atoms with van der Waals surface area (Å²) in [6.07, 6.45) is 26.5. The Kier molecular flexibility index (Phi) is 23.8. The first-order chi connectivity index (χ1) is 61.6.